The summed E-state index contributed by atoms with van der Waals surface area (Å²) in [5.41, 5.74) is 27.5. The van der Waals surface area contributed by atoms with Gasteiger partial charge in [-0.25, -0.2) is 9.97 Å². The molecule has 0 saturated carbocycles. The molecule has 2 saturated heterocycles. The van der Waals surface area contributed by atoms with Crippen molar-refractivity contribution in [2.75, 3.05) is 11.5 Å². The van der Waals surface area contributed by atoms with E-state index in [1.54, 1.807) is 0 Å². The average molecular weight is 1120 g/mol. The number of ketones is 2. The number of anilines is 2. The Balaban J connectivity index is 0.000000178. The Kier molecular flexibility index (Phi) is 17.5. The van der Waals surface area contributed by atoms with E-state index >= 15 is 0 Å². The topological polar surface area (TPSA) is 235 Å². The van der Waals surface area contributed by atoms with Crippen LogP contribution in [0.2, 0.25) is 0 Å². The van der Waals surface area contributed by atoms with Crippen molar-refractivity contribution in [1.82, 2.24) is 9.97 Å². The lowest BCUT2D eigenvalue weighted by Crippen LogP contribution is -2.41. The maximum absolute atomic E-state index is 11.6. The number of carbonyl (C=O) groups excluding carboxylic acids is 4. The zero-order valence-electron chi connectivity index (χ0n) is 39.2. The minimum atomic E-state index is -0.509. The number of hydrogen-bond acceptors (Lipinski definition) is 14. The van der Waals surface area contributed by atoms with Gasteiger partial charge in [-0.15, -0.1) is 22.7 Å². The second-order valence-corrected chi connectivity index (χ2v) is 23.5. The van der Waals surface area contributed by atoms with Crippen LogP contribution in [0.15, 0.2) is 69.2 Å². The highest BCUT2D eigenvalue weighted by atomic mass is 79.9. The lowest BCUT2D eigenvalue weighted by atomic mass is 9.49. The summed E-state index contributed by atoms with van der Waals surface area (Å²) in [5.74, 6) is 0.460. The number of nitrogens with two attached hydrogens (primary N) is 4. The number of benzene rings is 2. The highest BCUT2D eigenvalue weighted by Crippen LogP contribution is 2.43. The number of aromatic nitrogens is 2. The fourth-order valence-corrected chi connectivity index (χ4v) is 11.1. The molecule has 0 spiro atoms. The number of fused-ring (bicyclic) bond motifs is 4. The van der Waals surface area contributed by atoms with Gasteiger partial charge in [-0.2, -0.15) is 0 Å². The van der Waals surface area contributed by atoms with Crippen molar-refractivity contribution in [2.45, 2.75) is 131 Å². The van der Waals surface area contributed by atoms with E-state index in [0.717, 1.165) is 57.3 Å². The SMILES string of the molecule is C.C.CC1(C)OB(B2OC(C)(C)C(C)(C)O2)OC1(C)C.NC(=O)c1cnc(N)c2cc(-c3ccc4c(c3)CCC(=O)C4)sc12.NC(=O)c1cnc(N)c2cc(Br)sc12.O=C1CCc2cc(Br)ccc2C1. The first-order valence-electron chi connectivity index (χ1n) is 22.0. The lowest BCUT2D eigenvalue weighted by Gasteiger charge is -2.32. The second kappa shape index (κ2) is 21.7. The van der Waals surface area contributed by atoms with Crippen molar-refractivity contribution in [3.05, 3.63) is 103 Å². The molecule has 4 aromatic heterocycles. The third kappa shape index (κ3) is 12.0. The minimum Gasteiger partial charge on any atom is -0.405 e. The van der Waals surface area contributed by atoms with Gasteiger partial charge in [0.15, 0.2) is 0 Å². The van der Waals surface area contributed by atoms with Crippen molar-refractivity contribution in [3.63, 3.8) is 0 Å². The van der Waals surface area contributed by atoms with Crippen molar-refractivity contribution in [3.8, 4) is 10.4 Å². The van der Waals surface area contributed by atoms with Gasteiger partial charge in [0.2, 0.25) is 0 Å². The van der Waals surface area contributed by atoms with Crippen molar-refractivity contribution < 1.29 is 37.8 Å². The van der Waals surface area contributed by atoms with Crippen LogP contribution in [-0.2, 0) is 53.9 Å². The van der Waals surface area contributed by atoms with Gasteiger partial charge in [0, 0.05) is 58.2 Å². The highest BCUT2D eigenvalue weighted by Gasteiger charge is 2.63. The molecule has 6 heterocycles. The largest absolute Gasteiger partial charge is 0.488 e. The summed E-state index contributed by atoms with van der Waals surface area (Å²) in [6, 6.07) is 16.1. The summed E-state index contributed by atoms with van der Waals surface area (Å²) in [5, 5.41) is 1.51. The standard InChI is InChI=1S/C18H15N3O2S.C12H24B2O4.C10H9BrO.C8H6BrN3OS.2CH4/c19-17-13-7-15(24-16(13)14(8-21-17)18(20)23)11-2-1-10-6-12(22)4-3-9(10)5-11;1-9(2)10(3,4)16-13(15-9)14-17-11(5,6)12(7,8)18-14;11-9-3-1-8-6-10(12)4-2-7(8)5-9;9-5-1-3-6(14-5)4(8(11)13)2-12-7(3)10;;/h1-2,5,7-8H,3-4,6H2,(H2,19,21)(H2,20,23);1-8H3;1,3,5H,2,4,6H2;1-2H,(H2,10,12)(H2,11,13);2*1H4. The molecule has 0 atom stereocenters. The summed E-state index contributed by atoms with van der Waals surface area (Å²) >= 11 is 9.65. The van der Waals surface area contributed by atoms with Crippen LogP contribution in [0.25, 0.3) is 30.6 Å². The molecule has 10 rings (SSSR count). The molecule has 6 aromatic rings. The lowest BCUT2D eigenvalue weighted by molar-refractivity contribution is -0.119. The molecular weight excluding hydrogens is 1060 g/mol. The molecule has 372 valence electrons. The van der Waals surface area contributed by atoms with Gasteiger partial charge in [-0.3, -0.25) is 19.2 Å². The first-order valence-corrected chi connectivity index (χ1v) is 25.2. The third-order valence-corrected chi connectivity index (χ3v) is 16.6. The van der Waals surface area contributed by atoms with Crippen LogP contribution in [0.1, 0.15) is 126 Å². The van der Waals surface area contributed by atoms with E-state index in [9.17, 15) is 19.2 Å². The van der Waals surface area contributed by atoms with Crippen LogP contribution in [0, 0.1) is 0 Å². The number of rotatable bonds is 4. The van der Waals surface area contributed by atoms with Crippen molar-refractivity contribution in [1.29, 1.82) is 0 Å². The number of thiophene rings is 2. The molecule has 2 aliphatic heterocycles. The molecule has 20 heteroatoms. The molecule has 2 aliphatic carbocycles. The van der Waals surface area contributed by atoms with E-state index in [-0.39, 0.29) is 37.3 Å². The Bertz CT molecular complexity index is 2910. The van der Waals surface area contributed by atoms with Crippen LogP contribution in [0.5, 0.6) is 0 Å². The van der Waals surface area contributed by atoms with E-state index in [2.05, 4.69) is 54.0 Å². The van der Waals surface area contributed by atoms with Crippen LogP contribution in [-0.4, -0.2) is 69.8 Å². The highest BCUT2D eigenvalue weighted by molar-refractivity contribution is 9.11. The van der Waals surface area contributed by atoms with Crippen LogP contribution < -0.4 is 22.9 Å². The van der Waals surface area contributed by atoms with Gasteiger partial charge >= 0.3 is 14.0 Å². The number of hydrogen-bond donors (Lipinski definition) is 4. The summed E-state index contributed by atoms with van der Waals surface area (Å²) in [7, 11) is -0.952. The molecule has 2 aromatic carbocycles. The predicted molar refractivity (Wildman–Crippen MR) is 292 cm³/mol. The van der Waals surface area contributed by atoms with Crippen LogP contribution >= 0.6 is 54.5 Å². The molecule has 70 heavy (non-hydrogen) atoms. The number of halogens is 2. The Morgan fingerprint density at radius 3 is 1.46 bits per heavy atom. The van der Waals surface area contributed by atoms with E-state index in [0.29, 0.717) is 60.0 Å². The molecule has 2 amide bonds. The van der Waals surface area contributed by atoms with Crippen LogP contribution in [0.3, 0.4) is 0 Å². The number of nitrogen functional groups attached to an aromatic ring is 2. The fourth-order valence-electron chi connectivity index (χ4n) is 7.88. The van der Waals surface area contributed by atoms with Crippen molar-refractivity contribution >= 4 is 124 Å². The second-order valence-electron chi connectivity index (χ2n) is 19.1. The third-order valence-electron chi connectivity index (χ3n) is 13.2. The average Bonchev–Trinajstić information content (AvgIpc) is 3.99. The molecule has 4 aliphatic rings. The fraction of sp³-hybridized carbons (Fsp3) is 0.400. The number of carbonyl (C=O) groups is 4. The summed E-state index contributed by atoms with van der Waals surface area (Å²) in [4.78, 5) is 54.3. The van der Waals surface area contributed by atoms with Gasteiger partial charge in [0.25, 0.3) is 11.8 Å². The van der Waals surface area contributed by atoms with Gasteiger partial charge in [0.1, 0.15) is 23.2 Å². The first kappa shape index (κ1) is 56.4. The molecular formula is C50H62B2Br2N6O8S2. The first-order chi connectivity index (χ1) is 31.8. The molecule has 0 bridgehead atoms. The smallest absolute Gasteiger partial charge is 0.405 e. The Labute approximate surface area is 435 Å². The number of Topliss-reactive ketones (excluding diaryl/α,β-unsaturated/α-hetero) is 2. The monoisotopic (exact) mass is 1120 g/mol. The van der Waals surface area contributed by atoms with E-state index in [1.165, 1.54) is 51.8 Å². The number of primary amides is 2. The zero-order valence-corrected chi connectivity index (χ0v) is 44.0. The number of amides is 2. The molecule has 14 nitrogen and oxygen atoms in total. The minimum absolute atomic E-state index is 0. The molecule has 2 fully saturated rings. The molecule has 8 N–H and O–H groups in total. The van der Waals surface area contributed by atoms with Gasteiger partial charge in [0.05, 0.1) is 46.7 Å². The quantitative estimate of drug-likeness (QED) is 0.121. The summed E-state index contributed by atoms with van der Waals surface area (Å²) in [6.07, 6.45) is 6.99. The predicted octanol–water partition coefficient (Wildman–Crippen LogP) is 10.5. The normalized spacial score (nSPS) is 17.9. The van der Waals surface area contributed by atoms with E-state index < -0.39 is 25.8 Å². The maximum Gasteiger partial charge on any atom is 0.488 e. The van der Waals surface area contributed by atoms with Gasteiger partial charge in [-0.05, 0) is 136 Å². The Morgan fingerprint density at radius 2 is 1.00 bits per heavy atom. The van der Waals surface area contributed by atoms with E-state index in [1.807, 2.05) is 91.8 Å². The van der Waals surface area contributed by atoms with Gasteiger partial charge < -0.3 is 41.6 Å². The summed E-state index contributed by atoms with van der Waals surface area (Å²) in [6.45, 7) is 16.2. The number of aryl methyl sites for hydroxylation is 2. The van der Waals surface area contributed by atoms with E-state index in [4.69, 9.17) is 41.6 Å². The molecule has 0 unspecified atom stereocenters. The number of pyridine rings is 2. The van der Waals surface area contributed by atoms with Crippen LogP contribution in [0.4, 0.5) is 11.6 Å². The Hall–Kier alpha value is -4.53. The molecule has 0 radical (unpaired) electrons. The van der Waals surface area contributed by atoms with Crippen molar-refractivity contribution in [2.24, 2.45) is 11.5 Å². The number of nitrogens with zero attached hydrogens (tertiary/aromatic N) is 2. The summed E-state index contributed by atoms with van der Waals surface area (Å²) < 4.78 is 27.4. The van der Waals surface area contributed by atoms with Gasteiger partial charge in [-0.1, -0.05) is 55.0 Å². The Morgan fingerprint density at radius 1 is 0.586 bits per heavy atom. The zero-order chi connectivity index (χ0) is 49.7. The maximum atomic E-state index is 11.6.